The van der Waals surface area contributed by atoms with E-state index in [1.165, 1.54) is 19.1 Å². The number of Topliss-reactive ketones (excluding diaryl/α,β-unsaturated/α-hetero) is 1. The van der Waals surface area contributed by atoms with Crippen molar-refractivity contribution in [3.63, 3.8) is 0 Å². The number of ether oxygens (including phenoxy) is 2. The first-order valence-electron chi connectivity index (χ1n) is 14.2. The lowest BCUT2D eigenvalue weighted by Crippen LogP contribution is -2.57. The molecule has 0 aromatic heterocycles. The highest BCUT2D eigenvalue weighted by molar-refractivity contribution is 6.01. The molecule has 0 spiro atoms. The fraction of sp³-hybridized carbons (Fsp3) is 0.484. The summed E-state index contributed by atoms with van der Waals surface area (Å²) in [5.41, 5.74) is 1.74. The molecule has 0 aliphatic carbocycles. The standard InChI is InChI=1S/C31H40N4O7/c1-20-6-4-5-7-23(20)17-25(28(38)31(3)19-42-31)33-26(16-22-8-10-24(36)11-9-22)30(40)34-29(39)21(2)32-27(37)18-35-12-14-41-15-13-35/h4-11,21,25-26,33,36H,12-19H2,1-3H3,(H,32,37)(H,34,39,40)/t21-,25-,26-,31+/m0/s1. The average molecular weight is 581 g/mol. The van der Waals surface area contributed by atoms with E-state index in [1.807, 2.05) is 36.1 Å². The van der Waals surface area contributed by atoms with E-state index in [0.29, 0.717) is 39.3 Å². The molecule has 42 heavy (non-hydrogen) atoms. The molecule has 2 fully saturated rings. The van der Waals surface area contributed by atoms with Gasteiger partial charge < -0.3 is 19.9 Å². The van der Waals surface area contributed by atoms with E-state index in [-0.39, 0.29) is 30.4 Å². The van der Waals surface area contributed by atoms with Crippen molar-refractivity contribution in [3.05, 3.63) is 65.2 Å². The molecule has 2 aliphatic heterocycles. The van der Waals surface area contributed by atoms with Crippen molar-refractivity contribution >= 4 is 23.5 Å². The first-order valence-corrected chi connectivity index (χ1v) is 14.2. The molecule has 0 unspecified atom stereocenters. The molecular weight excluding hydrogens is 540 g/mol. The lowest BCUT2D eigenvalue weighted by molar-refractivity contribution is -0.135. The summed E-state index contributed by atoms with van der Waals surface area (Å²) < 4.78 is 10.7. The Balaban J connectivity index is 1.47. The number of hydrogen-bond acceptors (Lipinski definition) is 9. The first kappa shape index (κ1) is 31.3. The van der Waals surface area contributed by atoms with E-state index in [0.717, 1.165) is 16.7 Å². The monoisotopic (exact) mass is 580 g/mol. The number of aryl methyl sites for hydroxylation is 1. The molecule has 226 valence electrons. The second-order valence-electron chi connectivity index (χ2n) is 11.2. The van der Waals surface area contributed by atoms with E-state index in [2.05, 4.69) is 16.0 Å². The van der Waals surface area contributed by atoms with Gasteiger partial charge in [-0.05, 0) is 62.4 Å². The molecule has 0 bridgehead atoms. The summed E-state index contributed by atoms with van der Waals surface area (Å²) in [5, 5.41) is 18.0. The highest BCUT2D eigenvalue weighted by atomic mass is 16.6. The van der Waals surface area contributed by atoms with E-state index < -0.39 is 35.5 Å². The Labute approximate surface area is 245 Å². The molecule has 4 atom stereocenters. The van der Waals surface area contributed by atoms with Crippen LogP contribution in [0.3, 0.4) is 0 Å². The van der Waals surface area contributed by atoms with Crippen molar-refractivity contribution in [2.75, 3.05) is 39.5 Å². The number of carbonyl (C=O) groups excluding carboxylic acids is 4. The minimum absolute atomic E-state index is 0.0796. The molecule has 2 aliphatic rings. The third-order valence-electron chi connectivity index (χ3n) is 7.68. The zero-order chi connectivity index (χ0) is 30.3. The number of morpholine rings is 1. The van der Waals surface area contributed by atoms with Crippen LogP contribution in [0.25, 0.3) is 0 Å². The number of nitrogens with zero attached hydrogens (tertiary/aromatic N) is 1. The van der Waals surface area contributed by atoms with Crippen LogP contribution in [-0.4, -0.2) is 96.7 Å². The van der Waals surface area contributed by atoms with Gasteiger partial charge in [-0.1, -0.05) is 36.4 Å². The molecule has 0 saturated carbocycles. The molecule has 11 heteroatoms. The van der Waals surface area contributed by atoms with Gasteiger partial charge in [-0.2, -0.15) is 0 Å². The van der Waals surface area contributed by atoms with E-state index in [1.54, 1.807) is 19.1 Å². The fourth-order valence-electron chi connectivity index (χ4n) is 4.88. The topological polar surface area (TPSA) is 150 Å². The maximum absolute atomic E-state index is 13.6. The summed E-state index contributed by atoms with van der Waals surface area (Å²) in [6, 6.07) is 11.4. The van der Waals surface area contributed by atoms with Crippen LogP contribution in [0.15, 0.2) is 48.5 Å². The third-order valence-corrected chi connectivity index (χ3v) is 7.68. The van der Waals surface area contributed by atoms with E-state index in [4.69, 9.17) is 9.47 Å². The Morgan fingerprint density at radius 3 is 2.29 bits per heavy atom. The van der Waals surface area contributed by atoms with Gasteiger partial charge in [-0.3, -0.25) is 34.7 Å². The molecule has 2 saturated heterocycles. The molecular formula is C31H40N4O7. The molecule has 4 N–H and O–H groups in total. The number of aromatic hydroxyl groups is 1. The summed E-state index contributed by atoms with van der Waals surface area (Å²) in [7, 11) is 0. The van der Waals surface area contributed by atoms with E-state index in [9.17, 15) is 24.3 Å². The van der Waals surface area contributed by atoms with Crippen LogP contribution in [0, 0.1) is 6.92 Å². The van der Waals surface area contributed by atoms with Crippen molar-refractivity contribution in [2.24, 2.45) is 0 Å². The minimum Gasteiger partial charge on any atom is -0.508 e. The number of phenols is 1. The summed E-state index contributed by atoms with van der Waals surface area (Å²) in [6.07, 6.45) is 0.470. The molecule has 4 rings (SSSR count). The Bertz CT molecular complexity index is 1270. The number of ketones is 1. The number of imide groups is 1. The number of nitrogens with one attached hydrogen (secondary N) is 3. The molecule has 2 aromatic carbocycles. The molecule has 11 nitrogen and oxygen atoms in total. The van der Waals surface area contributed by atoms with Gasteiger partial charge in [-0.15, -0.1) is 0 Å². The van der Waals surface area contributed by atoms with Crippen LogP contribution in [-0.2, 0) is 41.5 Å². The normalized spacial score (nSPS) is 20.6. The van der Waals surface area contributed by atoms with Gasteiger partial charge in [0, 0.05) is 13.1 Å². The fourth-order valence-corrected chi connectivity index (χ4v) is 4.88. The zero-order valence-corrected chi connectivity index (χ0v) is 24.4. The van der Waals surface area contributed by atoms with Gasteiger partial charge in [0.15, 0.2) is 5.78 Å². The second kappa shape index (κ2) is 14.0. The van der Waals surface area contributed by atoms with Crippen molar-refractivity contribution in [2.45, 2.75) is 57.3 Å². The number of benzene rings is 2. The van der Waals surface area contributed by atoms with Crippen molar-refractivity contribution in [1.82, 2.24) is 20.9 Å². The summed E-state index contributed by atoms with van der Waals surface area (Å²) in [4.78, 5) is 54.5. The van der Waals surface area contributed by atoms with Gasteiger partial charge in [0.05, 0.1) is 38.4 Å². The summed E-state index contributed by atoms with van der Waals surface area (Å²) in [5.74, 6) is -1.72. The maximum Gasteiger partial charge on any atom is 0.248 e. The predicted octanol–water partition coefficient (Wildman–Crippen LogP) is 0.650. The lowest BCUT2D eigenvalue weighted by atomic mass is 9.91. The minimum atomic E-state index is -0.977. The quantitative estimate of drug-likeness (QED) is 0.251. The Morgan fingerprint density at radius 1 is 0.976 bits per heavy atom. The van der Waals surface area contributed by atoms with Crippen molar-refractivity contribution in [3.8, 4) is 5.75 Å². The molecule has 2 heterocycles. The van der Waals surface area contributed by atoms with Gasteiger partial charge in [0.2, 0.25) is 17.7 Å². The number of hydrogen-bond donors (Lipinski definition) is 4. The first-order chi connectivity index (χ1) is 20.0. The van der Waals surface area contributed by atoms with Crippen molar-refractivity contribution in [1.29, 1.82) is 0 Å². The second-order valence-corrected chi connectivity index (χ2v) is 11.2. The smallest absolute Gasteiger partial charge is 0.248 e. The van der Waals surface area contributed by atoms with Crippen LogP contribution < -0.4 is 16.0 Å². The number of rotatable bonds is 13. The van der Waals surface area contributed by atoms with Gasteiger partial charge in [0.25, 0.3) is 0 Å². The van der Waals surface area contributed by atoms with Crippen LogP contribution in [0.2, 0.25) is 0 Å². The van der Waals surface area contributed by atoms with Gasteiger partial charge >= 0.3 is 0 Å². The third kappa shape index (κ3) is 8.68. The maximum atomic E-state index is 13.6. The highest BCUT2D eigenvalue weighted by Gasteiger charge is 2.50. The summed E-state index contributed by atoms with van der Waals surface area (Å²) in [6.45, 7) is 7.97. The SMILES string of the molecule is Cc1ccccc1C[C@H](N[C@@H](Cc1ccc(O)cc1)C(=O)NC(=O)[C@H](C)NC(=O)CN1CCOCC1)C(=O)[C@@]1(C)CO1. The molecule has 3 amide bonds. The number of amides is 3. The van der Waals surface area contributed by atoms with Gasteiger partial charge in [-0.25, -0.2) is 0 Å². The van der Waals surface area contributed by atoms with Crippen LogP contribution >= 0.6 is 0 Å². The lowest BCUT2D eigenvalue weighted by Gasteiger charge is -2.27. The number of phenolic OH excluding ortho intramolecular Hbond substituents is 1. The van der Waals surface area contributed by atoms with Crippen LogP contribution in [0.4, 0.5) is 0 Å². The van der Waals surface area contributed by atoms with Crippen LogP contribution in [0.1, 0.15) is 30.5 Å². The zero-order valence-electron chi connectivity index (χ0n) is 24.4. The summed E-state index contributed by atoms with van der Waals surface area (Å²) >= 11 is 0. The Hall–Kier alpha value is -3.64. The van der Waals surface area contributed by atoms with Crippen molar-refractivity contribution < 1.29 is 33.8 Å². The molecule has 2 aromatic rings. The largest absolute Gasteiger partial charge is 0.508 e. The van der Waals surface area contributed by atoms with Crippen LogP contribution in [0.5, 0.6) is 5.75 Å². The number of carbonyl (C=O) groups is 4. The predicted molar refractivity (Wildman–Crippen MR) is 155 cm³/mol. The highest BCUT2D eigenvalue weighted by Crippen LogP contribution is 2.29. The molecule has 0 radical (unpaired) electrons. The number of epoxide rings is 1. The van der Waals surface area contributed by atoms with E-state index >= 15 is 0 Å². The Kier molecular flexibility index (Phi) is 10.4. The average Bonchev–Trinajstić information content (AvgIpc) is 3.72. The van der Waals surface area contributed by atoms with Gasteiger partial charge in [0.1, 0.15) is 17.4 Å². The Morgan fingerprint density at radius 2 is 1.64 bits per heavy atom.